The molecular formula is C6H10N2O3. The number of rotatable bonds is 3. The van der Waals surface area contributed by atoms with Crippen molar-refractivity contribution < 1.29 is 14.7 Å². The number of aliphatic imine (C=N–C) groups is 1. The molecule has 0 radical (unpaired) electrons. The van der Waals surface area contributed by atoms with Crippen molar-refractivity contribution in [3.05, 3.63) is 0 Å². The van der Waals surface area contributed by atoms with Crippen LogP contribution < -0.4 is 5.73 Å². The molecule has 0 aliphatic carbocycles. The number of nitrogens with zero attached hydrogens (tertiary/aromatic N) is 1. The molecule has 62 valence electrons. The minimum atomic E-state index is -0.913. The first-order chi connectivity index (χ1) is 5.02. The van der Waals surface area contributed by atoms with E-state index in [0.29, 0.717) is 5.71 Å². The van der Waals surface area contributed by atoms with Crippen LogP contribution in [0.5, 0.6) is 0 Å². The van der Waals surface area contributed by atoms with Crippen molar-refractivity contribution in [2.45, 2.75) is 19.8 Å². The van der Waals surface area contributed by atoms with Crippen molar-refractivity contribution in [1.29, 1.82) is 0 Å². The summed E-state index contributed by atoms with van der Waals surface area (Å²) in [4.78, 5) is 23.5. The van der Waals surface area contributed by atoms with E-state index in [0.717, 1.165) is 0 Å². The summed E-state index contributed by atoms with van der Waals surface area (Å²) in [6.07, 6.45) is 0.237. The Morgan fingerprint density at radius 1 is 1.45 bits per heavy atom. The maximum absolute atomic E-state index is 10.1. The fraction of sp³-hybridized carbons (Fsp3) is 0.500. The molecule has 0 unspecified atom stereocenters. The topological polar surface area (TPSA) is 92.8 Å². The molecule has 0 aromatic heterocycles. The maximum Gasteiger partial charge on any atom is 0.338 e. The number of nitrogens with two attached hydrogens (primary N) is 1. The second kappa shape index (κ2) is 4.43. The molecule has 0 saturated carbocycles. The molecule has 2 amide bonds. The molecule has 5 nitrogen and oxygen atoms in total. The molecule has 0 rings (SSSR count). The molecule has 0 aromatic carbocycles. The van der Waals surface area contributed by atoms with Crippen LogP contribution in [-0.4, -0.2) is 22.8 Å². The standard InChI is InChI=1S/C6H10N2O3/c1-4(8-6(7)11)2-3-5(9)10/h2-3H2,1H3,(H2,7,11)(H,9,10)/b8-4+. The van der Waals surface area contributed by atoms with Gasteiger partial charge < -0.3 is 10.8 Å². The zero-order chi connectivity index (χ0) is 8.85. The number of carbonyl (C=O) groups is 2. The van der Waals surface area contributed by atoms with Gasteiger partial charge in [-0.25, -0.2) is 9.79 Å². The molecule has 0 bridgehead atoms. The minimum Gasteiger partial charge on any atom is -0.481 e. The lowest BCUT2D eigenvalue weighted by Gasteiger charge is -1.93. The van der Waals surface area contributed by atoms with E-state index in [1.54, 1.807) is 6.92 Å². The van der Waals surface area contributed by atoms with Gasteiger partial charge in [0.05, 0.1) is 6.42 Å². The normalized spacial score (nSPS) is 11.2. The molecule has 0 spiro atoms. The van der Waals surface area contributed by atoms with Crippen molar-refractivity contribution in [1.82, 2.24) is 0 Å². The monoisotopic (exact) mass is 158 g/mol. The van der Waals surface area contributed by atoms with Gasteiger partial charge in [-0.3, -0.25) is 4.79 Å². The first-order valence-corrected chi connectivity index (χ1v) is 3.07. The van der Waals surface area contributed by atoms with Crippen LogP contribution in [0, 0.1) is 0 Å². The Kier molecular flexibility index (Phi) is 3.87. The van der Waals surface area contributed by atoms with Gasteiger partial charge in [-0.15, -0.1) is 0 Å². The summed E-state index contributed by atoms with van der Waals surface area (Å²) in [7, 11) is 0. The Labute approximate surface area is 63.9 Å². The molecular weight excluding hydrogens is 148 g/mol. The number of hydrogen-bond donors (Lipinski definition) is 2. The highest BCUT2D eigenvalue weighted by Crippen LogP contribution is 1.92. The number of amides is 2. The van der Waals surface area contributed by atoms with Crippen LogP contribution in [0.3, 0.4) is 0 Å². The van der Waals surface area contributed by atoms with E-state index in [9.17, 15) is 9.59 Å². The van der Waals surface area contributed by atoms with E-state index >= 15 is 0 Å². The average Bonchev–Trinajstić information content (AvgIpc) is 1.82. The third kappa shape index (κ3) is 6.50. The lowest BCUT2D eigenvalue weighted by atomic mass is 10.2. The Balaban J connectivity index is 3.77. The van der Waals surface area contributed by atoms with Crippen molar-refractivity contribution in [3.8, 4) is 0 Å². The molecule has 3 N–H and O–H groups in total. The second-order valence-corrected chi connectivity index (χ2v) is 2.08. The summed E-state index contributed by atoms with van der Waals surface area (Å²) in [6, 6.07) is -0.784. The van der Waals surface area contributed by atoms with Gasteiger partial charge in [-0.1, -0.05) is 0 Å². The van der Waals surface area contributed by atoms with Gasteiger partial charge in [0, 0.05) is 5.71 Å². The summed E-state index contributed by atoms with van der Waals surface area (Å²) >= 11 is 0. The van der Waals surface area contributed by atoms with Crippen molar-refractivity contribution in [3.63, 3.8) is 0 Å². The Morgan fingerprint density at radius 2 is 2.00 bits per heavy atom. The molecule has 5 heteroatoms. The molecule has 0 aromatic rings. The molecule has 0 saturated heterocycles. The lowest BCUT2D eigenvalue weighted by Crippen LogP contribution is -2.08. The van der Waals surface area contributed by atoms with Crippen LogP contribution in [0.1, 0.15) is 19.8 Å². The van der Waals surface area contributed by atoms with E-state index in [1.165, 1.54) is 0 Å². The summed E-state index contributed by atoms with van der Waals surface area (Å²) in [6.45, 7) is 1.56. The zero-order valence-corrected chi connectivity index (χ0v) is 6.20. The van der Waals surface area contributed by atoms with Gasteiger partial charge in [0.2, 0.25) is 0 Å². The Bertz CT molecular complexity index is 198. The van der Waals surface area contributed by atoms with Gasteiger partial charge in [0.1, 0.15) is 0 Å². The number of carbonyl (C=O) groups excluding carboxylic acids is 1. The van der Waals surface area contributed by atoms with Gasteiger partial charge >= 0.3 is 12.0 Å². The molecule has 0 heterocycles. The van der Waals surface area contributed by atoms with Crippen LogP contribution in [0.15, 0.2) is 4.99 Å². The summed E-state index contributed by atoms with van der Waals surface area (Å²) < 4.78 is 0. The highest BCUT2D eigenvalue weighted by Gasteiger charge is 1.99. The van der Waals surface area contributed by atoms with Crippen molar-refractivity contribution in [2.75, 3.05) is 0 Å². The van der Waals surface area contributed by atoms with Crippen LogP contribution in [0.2, 0.25) is 0 Å². The molecule has 0 aliphatic heterocycles. The third-order valence-electron chi connectivity index (χ3n) is 1.00. The smallest absolute Gasteiger partial charge is 0.338 e. The van der Waals surface area contributed by atoms with Crippen LogP contribution in [-0.2, 0) is 4.79 Å². The van der Waals surface area contributed by atoms with E-state index in [2.05, 4.69) is 4.99 Å². The highest BCUT2D eigenvalue weighted by molar-refractivity contribution is 5.94. The number of hydrogen-bond acceptors (Lipinski definition) is 2. The summed E-state index contributed by atoms with van der Waals surface area (Å²) in [5, 5.41) is 8.23. The number of carboxylic acid groups (broad SMARTS) is 1. The van der Waals surface area contributed by atoms with Gasteiger partial charge in [-0.2, -0.15) is 0 Å². The molecule has 0 atom stereocenters. The molecule has 0 fully saturated rings. The van der Waals surface area contributed by atoms with E-state index in [-0.39, 0.29) is 12.8 Å². The van der Waals surface area contributed by atoms with Gasteiger partial charge in [0.15, 0.2) is 0 Å². The number of aliphatic carboxylic acids is 1. The van der Waals surface area contributed by atoms with Crippen LogP contribution >= 0.6 is 0 Å². The largest absolute Gasteiger partial charge is 0.481 e. The number of urea groups is 1. The Hall–Kier alpha value is -1.39. The third-order valence-corrected chi connectivity index (χ3v) is 1.00. The number of primary amides is 1. The van der Waals surface area contributed by atoms with E-state index in [4.69, 9.17) is 10.8 Å². The first kappa shape index (κ1) is 9.61. The molecule has 0 aliphatic rings. The average molecular weight is 158 g/mol. The van der Waals surface area contributed by atoms with Crippen molar-refractivity contribution in [2.24, 2.45) is 10.7 Å². The summed E-state index contributed by atoms with van der Waals surface area (Å²) in [5.41, 5.74) is 5.17. The summed E-state index contributed by atoms with van der Waals surface area (Å²) in [5.74, 6) is -0.913. The number of carboxylic acids is 1. The Morgan fingerprint density at radius 3 is 2.36 bits per heavy atom. The maximum atomic E-state index is 10.1. The quantitative estimate of drug-likeness (QED) is 0.582. The SMILES string of the molecule is C/C(CCC(=O)O)=N\C(N)=O. The highest BCUT2D eigenvalue weighted by atomic mass is 16.4. The minimum absolute atomic E-state index is 0.0252. The van der Waals surface area contributed by atoms with Gasteiger partial charge in [0.25, 0.3) is 0 Å². The zero-order valence-electron chi connectivity index (χ0n) is 6.20. The fourth-order valence-electron chi connectivity index (χ4n) is 0.532. The van der Waals surface area contributed by atoms with Crippen LogP contribution in [0.25, 0.3) is 0 Å². The second-order valence-electron chi connectivity index (χ2n) is 2.08. The van der Waals surface area contributed by atoms with Gasteiger partial charge in [-0.05, 0) is 13.3 Å². The first-order valence-electron chi connectivity index (χ1n) is 3.07. The van der Waals surface area contributed by atoms with E-state index < -0.39 is 12.0 Å². The van der Waals surface area contributed by atoms with E-state index in [1.807, 2.05) is 0 Å². The predicted molar refractivity (Wildman–Crippen MR) is 39.6 cm³/mol. The lowest BCUT2D eigenvalue weighted by molar-refractivity contribution is -0.136. The fourth-order valence-corrected chi connectivity index (χ4v) is 0.532. The van der Waals surface area contributed by atoms with Crippen molar-refractivity contribution >= 4 is 17.7 Å². The molecule has 11 heavy (non-hydrogen) atoms. The predicted octanol–water partition coefficient (Wildman–Crippen LogP) is 0.391. The van der Waals surface area contributed by atoms with Crippen LogP contribution in [0.4, 0.5) is 4.79 Å².